The van der Waals surface area contributed by atoms with Crippen LogP contribution in [0.1, 0.15) is 29.4 Å². The van der Waals surface area contributed by atoms with E-state index in [1.54, 1.807) is 13.8 Å². The standard InChI is InChI=1S/C24H22Cl3N3O6S/c1-4-22(37(34,35)14-8-21(36-3)12(2)28-11-14)24(33)29-18-10-20(31)19(9-17(18)27)30-23(32)13-5-6-15(25)16(26)7-13/h5-11,22,31H,4H2,1-3H3,(H,29,33)(H,30,32). The molecular weight excluding hydrogens is 565 g/mol. The molecule has 0 aliphatic carbocycles. The predicted molar refractivity (Wildman–Crippen MR) is 143 cm³/mol. The Hall–Kier alpha value is -3.05. The zero-order valence-electron chi connectivity index (χ0n) is 19.8. The number of phenolic OH excluding ortho intramolecular Hbond substituents is 1. The first-order valence-corrected chi connectivity index (χ1v) is 13.4. The van der Waals surface area contributed by atoms with E-state index in [0.717, 1.165) is 12.3 Å². The Morgan fingerprint density at radius 2 is 1.73 bits per heavy atom. The molecule has 3 rings (SSSR count). The van der Waals surface area contributed by atoms with E-state index in [9.17, 15) is 23.1 Å². The van der Waals surface area contributed by atoms with Gasteiger partial charge in [-0.1, -0.05) is 41.7 Å². The van der Waals surface area contributed by atoms with Crippen LogP contribution in [0.4, 0.5) is 11.4 Å². The van der Waals surface area contributed by atoms with Gasteiger partial charge in [-0.2, -0.15) is 0 Å². The van der Waals surface area contributed by atoms with Crippen LogP contribution < -0.4 is 15.4 Å². The molecule has 13 heteroatoms. The third-order valence-electron chi connectivity index (χ3n) is 5.37. The van der Waals surface area contributed by atoms with Crippen molar-refractivity contribution in [1.29, 1.82) is 0 Å². The van der Waals surface area contributed by atoms with Crippen molar-refractivity contribution in [2.75, 3.05) is 17.7 Å². The van der Waals surface area contributed by atoms with Gasteiger partial charge >= 0.3 is 0 Å². The molecule has 0 radical (unpaired) electrons. The summed E-state index contributed by atoms with van der Waals surface area (Å²) in [5.74, 6) is -1.61. The topological polar surface area (TPSA) is 135 Å². The number of nitrogens with zero attached hydrogens (tertiary/aromatic N) is 1. The first kappa shape index (κ1) is 28.5. The van der Waals surface area contributed by atoms with Crippen LogP contribution in [0, 0.1) is 6.92 Å². The van der Waals surface area contributed by atoms with E-state index in [4.69, 9.17) is 39.5 Å². The highest BCUT2D eigenvalue weighted by Crippen LogP contribution is 2.35. The zero-order chi connectivity index (χ0) is 27.5. The van der Waals surface area contributed by atoms with Crippen LogP contribution in [0.5, 0.6) is 11.5 Å². The number of benzene rings is 2. The van der Waals surface area contributed by atoms with Crippen LogP contribution in [0.15, 0.2) is 47.5 Å². The number of pyridine rings is 1. The minimum absolute atomic E-state index is 0.0449. The molecule has 0 aliphatic rings. The van der Waals surface area contributed by atoms with E-state index in [0.29, 0.717) is 5.69 Å². The number of halogens is 3. The number of hydrogen-bond donors (Lipinski definition) is 3. The minimum Gasteiger partial charge on any atom is -0.506 e. The number of carbonyl (C=O) groups excluding carboxylic acids is 2. The number of rotatable bonds is 8. The Kier molecular flexibility index (Phi) is 8.91. The van der Waals surface area contributed by atoms with Gasteiger partial charge in [-0.05, 0) is 37.6 Å². The molecule has 3 N–H and O–H groups in total. The van der Waals surface area contributed by atoms with Gasteiger partial charge in [0.15, 0.2) is 9.84 Å². The first-order valence-electron chi connectivity index (χ1n) is 10.7. The van der Waals surface area contributed by atoms with Gasteiger partial charge in [0.2, 0.25) is 5.91 Å². The van der Waals surface area contributed by atoms with Crippen LogP contribution in [-0.4, -0.2) is 42.7 Å². The molecular formula is C24H22Cl3N3O6S. The summed E-state index contributed by atoms with van der Waals surface area (Å²) in [5.41, 5.74) is 0.578. The number of methoxy groups -OCH3 is 1. The SMILES string of the molecule is CCC(C(=O)Nc1cc(O)c(NC(=O)c2ccc(Cl)c(Cl)c2)cc1Cl)S(=O)(=O)c1cnc(C)c(OC)c1. The fraction of sp³-hybridized carbons (Fsp3) is 0.208. The van der Waals surface area contributed by atoms with E-state index >= 15 is 0 Å². The fourth-order valence-corrected chi connectivity index (χ4v) is 5.46. The number of carbonyl (C=O) groups is 2. The molecule has 0 spiro atoms. The fourth-order valence-electron chi connectivity index (χ4n) is 3.37. The maximum atomic E-state index is 13.2. The lowest BCUT2D eigenvalue weighted by atomic mass is 10.2. The molecule has 0 saturated heterocycles. The second kappa shape index (κ2) is 11.6. The average molecular weight is 587 g/mol. The Morgan fingerprint density at radius 1 is 1.03 bits per heavy atom. The van der Waals surface area contributed by atoms with E-state index < -0.39 is 32.7 Å². The molecule has 1 heterocycles. The van der Waals surface area contributed by atoms with Gasteiger partial charge < -0.3 is 20.5 Å². The molecule has 3 aromatic rings. The summed E-state index contributed by atoms with van der Waals surface area (Å²) in [6, 6.07) is 7.87. The normalized spacial score (nSPS) is 12.1. The molecule has 9 nitrogen and oxygen atoms in total. The van der Waals surface area contributed by atoms with Crippen molar-refractivity contribution in [3.8, 4) is 11.5 Å². The van der Waals surface area contributed by atoms with Crippen molar-refractivity contribution < 1.29 is 27.9 Å². The molecule has 0 bridgehead atoms. The Bertz CT molecular complexity index is 1480. The molecule has 0 aliphatic heterocycles. The largest absolute Gasteiger partial charge is 0.506 e. The molecule has 1 aromatic heterocycles. The summed E-state index contributed by atoms with van der Waals surface area (Å²) in [7, 11) is -2.76. The highest BCUT2D eigenvalue weighted by molar-refractivity contribution is 7.92. The number of aryl methyl sites for hydroxylation is 1. The van der Waals surface area contributed by atoms with Gasteiger partial charge in [0.1, 0.15) is 16.7 Å². The van der Waals surface area contributed by atoms with Crippen molar-refractivity contribution in [2.24, 2.45) is 0 Å². The number of phenols is 1. The van der Waals surface area contributed by atoms with E-state index in [2.05, 4.69) is 15.6 Å². The van der Waals surface area contributed by atoms with Crippen LogP contribution in [0.25, 0.3) is 0 Å². The Balaban J connectivity index is 1.82. The second-order valence-corrected chi connectivity index (χ2v) is 11.2. The Labute approximate surface area is 228 Å². The number of nitrogens with one attached hydrogen (secondary N) is 2. The van der Waals surface area contributed by atoms with Gasteiger partial charge in [0, 0.05) is 23.9 Å². The number of aromatic nitrogens is 1. The smallest absolute Gasteiger partial charge is 0.255 e. The summed E-state index contributed by atoms with van der Waals surface area (Å²) in [4.78, 5) is 29.4. The average Bonchev–Trinajstić information content (AvgIpc) is 2.84. The van der Waals surface area contributed by atoms with E-state index in [1.807, 2.05) is 0 Å². The molecule has 37 heavy (non-hydrogen) atoms. The predicted octanol–water partition coefficient (Wildman–Crippen LogP) is 5.51. The molecule has 1 atom stereocenters. The molecule has 0 saturated carbocycles. The Morgan fingerprint density at radius 3 is 2.35 bits per heavy atom. The number of amides is 2. The molecule has 1 unspecified atom stereocenters. The summed E-state index contributed by atoms with van der Waals surface area (Å²) in [6.45, 7) is 3.20. The van der Waals surface area contributed by atoms with Crippen LogP contribution in [0.3, 0.4) is 0 Å². The van der Waals surface area contributed by atoms with Gasteiger partial charge in [0.25, 0.3) is 5.91 Å². The monoisotopic (exact) mass is 585 g/mol. The summed E-state index contributed by atoms with van der Waals surface area (Å²) in [6.07, 6.45) is 1.11. The van der Waals surface area contributed by atoms with E-state index in [1.165, 1.54) is 37.4 Å². The van der Waals surface area contributed by atoms with Gasteiger partial charge in [-0.3, -0.25) is 14.6 Å². The number of sulfone groups is 1. The number of hydrogen-bond acceptors (Lipinski definition) is 7. The lowest BCUT2D eigenvalue weighted by Crippen LogP contribution is -2.35. The van der Waals surface area contributed by atoms with Crippen molar-refractivity contribution in [3.63, 3.8) is 0 Å². The van der Waals surface area contributed by atoms with Crippen molar-refractivity contribution in [3.05, 3.63) is 68.9 Å². The van der Waals surface area contributed by atoms with Crippen molar-refractivity contribution in [1.82, 2.24) is 4.98 Å². The van der Waals surface area contributed by atoms with E-state index in [-0.39, 0.29) is 49.1 Å². The lowest BCUT2D eigenvalue weighted by Gasteiger charge is -2.18. The molecule has 2 aromatic carbocycles. The van der Waals surface area contributed by atoms with Crippen molar-refractivity contribution in [2.45, 2.75) is 30.4 Å². The maximum absolute atomic E-state index is 13.2. The van der Waals surface area contributed by atoms with Gasteiger partial charge in [0.05, 0.1) is 44.1 Å². The summed E-state index contributed by atoms with van der Waals surface area (Å²) in [5, 5.41) is 14.3. The van der Waals surface area contributed by atoms with Gasteiger partial charge in [-0.15, -0.1) is 0 Å². The molecule has 0 fully saturated rings. The third kappa shape index (κ3) is 6.27. The highest BCUT2D eigenvalue weighted by atomic mass is 35.5. The zero-order valence-corrected chi connectivity index (χ0v) is 22.9. The van der Waals surface area contributed by atoms with Crippen LogP contribution in [0.2, 0.25) is 15.1 Å². The first-order chi connectivity index (χ1) is 17.4. The third-order valence-corrected chi connectivity index (χ3v) is 8.60. The quantitative estimate of drug-likeness (QED) is 0.296. The molecule has 2 amide bonds. The summed E-state index contributed by atoms with van der Waals surface area (Å²) >= 11 is 18.1. The second-order valence-electron chi connectivity index (χ2n) is 7.82. The number of aromatic hydroxyl groups is 1. The maximum Gasteiger partial charge on any atom is 0.255 e. The van der Waals surface area contributed by atoms with Gasteiger partial charge in [-0.25, -0.2) is 8.42 Å². The highest BCUT2D eigenvalue weighted by Gasteiger charge is 2.34. The van der Waals surface area contributed by atoms with Crippen molar-refractivity contribution >= 4 is 67.8 Å². The summed E-state index contributed by atoms with van der Waals surface area (Å²) < 4.78 is 31.5. The lowest BCUT2D eigenvalue weighted by molar-refractivity contribution is -0.115. The number of ether oxygens (including phenoxy) is 1. The van der Waals surface area contributed by atoms with Crippen LogP contribution in [-0.2, 0) is 14.6 Å². The number of anilines is 2. The minimum atomic E-state index is -4.14. The van der Waals surface area contributed by atoms with Crippen LogP contribution >= 0.6 is 34.8 Å². The molecule has 196 valence electrons.